The number of hydrogen-bond donors (Lipinski definition) is 1. The van der Waals surface area contributed by atoms with E-state index in [1.807, 2.05) is 38.2 Å². The van der Waals surface area contributed by atoms with Crippen LogP contribution >= 0.6 is 0 Å². The fourth-order valence-electron chi connectivity index (χ4n) is 3.68. The number of nitrogens with zero attached hydrogens (tertiary/aromatic N) is 4. The van der Waals surface area contributed by atoms with Crippen molar-refractivity contribution in [1.82, 2.24) is 19.3 Å². The van der Waals surface area contributed by atoms with Gasteiger partial charge in [0, 0.05) is 32.0 Å². The normalized spacial score (nSPS) is 17.9. The second kappa shape index (κ2) is 6.24. The van der Waals surface area contributed by atoms with Gasteiger partial charge < -0.3 is 9.51 Å². The molecular weight excluding hydrogens is 312 g/mol. The third-order valence-corrected chi connectivity index (χ3v) is 5.25. The van der Waals surface area contributed by atoms with Crippen LogP contribution in [0.25, 0.3) is 5.52 Å². The van der Waals surface area contributed by atoms with Crippen molar-refractivity contribution >= 4 is 5.52 Å². The van der Waals surface area contributed by atoms with Crippen LogP contribution in [0.4, 0.5) is 0 Å². The molecule has 0 saturated carbocycles. The molecule has 4 heterocycles. The fourth-order valence-corrected chi connectivity index (χ4v) is 3.68. The van der Waals surface area contributed by atoms with Crippen LogP contribution in [0.15, 0.2) is 42.7 Å². The number of aliphatic hydroxyl groups is 1. The number of hydrogen-bond acceptors (Lipinski definition) is 4. The smallest absolute Gasteiger partial charge is 0.110 e. The molecule has 0 unspecified atom stereocenters. The largest absolute Gasteiger partial charge is 0.383 e. The highest BCUT2D eigenvalue weighted by Crippen LogP contribution is 2.32. The lowest BCUT2D eigenvalue weighted by molar-refractivity contribution is -0.0312. The van der Waals surface area contributed by atoms with E-state index in [4.69, 9.17) is 4.98 Å². The first kappa shape index (κ1) is 16.2. The van der Waals surface area contributed by atoms with Gasteiger partial charge in [0.25, 0.3) is 0 Å². The molecule has 5 heteroatoms. The molecule has 1 N–H and O–H groups in total. The molecule has 0 radical (unpaired) electrons. The molecule has 3 aromatic heterocycles. The molecule has 0 atom stereocenters. The van der Waals surface area contributed by atoms with Gasteiger partial charge in [-0.1, -0.05) is 12.1 Å². The Morgan fingerprint density at radius 2 is 1.92 bits per heavy atom. The van der Waals surface area contributed by atoms with Crippen molar-refractivity contribution in [2.75, 3.05) is 13.1 Å². The third-order valence-electron chi connectivity index (χ3n) is 5.25. The summed E-state index contributed by atoms with van der Waals surface area (Å²) in [5, 5.41) is 11.0. The highest BCUT2D eigenvalue weighted by molar-refractivity contribution is 5.53. The zero-order valence-corrected chi connectivity index (χ0v) is 14.8. The molecular formula is C20H24N4O. The van der Waals surface area contributed by atoms with Crippen LogP contribution in [0.3, 0.4) is 0 Å². The van der Waals surface area contributed by atoms with Gasteiger partial charge in [0.2, 0.25) is 0 Å². The van der Waals surface area contributed by atoms with E-state index in [2.05, 4.69) is 32.6 Å². The maximum atomic E-state index is 11.0. The number of rotatable bonds is 3. The van der Waals surface area contributed by atoms with Gasteiger partial charge in [-0.25, -0.2) is 4.98 Å². The van der Waals surface area contributed by atoms with Crippen molar-refractivity contribution in [1.29, 1.82) is 0 Å². The molecule has 1 fully saturated rings. The predicted molar refractivity (Wildman–Crippen MR) is 97.3 cm³/mol. The molecule has 1 aliphatic heterocycles. The average molecular weight is 336 g/mol. The SMILES string of the molecule is Cc1ccc(C2(O)CCN(Cc3nc(C)n4ccccc34)CC2)nc1. The number of fused-ring (bicyclic) bond motifs is 1. The third kappa shape index (κ3) is 3.05. The van der Waals surface area contributed by atoms with E-state index in [1.165, 1.54) is 5.52 Å². The molecule has 0 amide bonds. The van der Waals surface area contributed by atoms with Crippen molar-refractivity contribution in [3.05, 3.63) is 65.5 Å². The van der Waals surface area contributed by atoms with Crippen LogP contribution in [-0.2, 0) is 12.1 Å². The Morgan fingerprint density at radius 1 is 1.12 bits per heavy atom. The van der Waals surface area contributed by atoms with E-state index in [1.54, 1.807) is 0 Å². The van der Waals surface area contributed by atoms with Gasteiger partial charge in [-0.15, -0.1) is 0 Å². The summed E-state index contributed by atoms with van der Waals surface area (Å²) < 4.78 is 2.13. The topological polar surface area (TPSA) is 53.7 Å². The van der Waals surface area contributed by atoms with Crippen molar-refractivity contribution in [2.24, 2.45) is 0 Å². The number of piperidine rings is 1. The number of pyridine rings is 2. The number of aryl methyl sites for hydroxylation is 2. The van der Waals surface area contributed by atoms with Crippen LogP contribution in [0.2, 0.25) is 0 Å². The molecule has 3 aromatic rings. The first-order valence-corrected chi connectivity index (χ1v) is 8.86. The first-order valence-electron chi connectivity index (χ1n) is 8.86. The van der Waals surface area contributed by atoms with Crippen LogP contribution in [0.5, 0.6) is 0 Å². The molecule has 0 aliphatic carbocycles. The summed E-state index contributed by atoms with van der Waals surface area (Å²) in [4.78, 5) is 11.5. The fraction of sp³-hybridized carbons (Fsp3) is 0.400. The Labute approximate surface area is 148 Å². The minimum absolute atomic E-state index is 0.702. The summed E-state index contributed by atoms with van der Waals surface area (Å²) >= 11 is 0. The molecule has 130 valence electrons. The highest BCUT2D eigenvalue weighted by Gasteiger charge is 2.35. The van der Waals surface area contributed by atoms with E-state index in [-0.39, 0.29) is 0 Å². The van der Waals surface area contributed by atoms with Crippen molar-refractivity contribution < 1.29 is 5.11 Å². The van der Waals surface area contributed by atoms with Crippen LogP contribution in [0, 0.1) is 13.8 Å². The van der Waals surface area contributed by atoms with Gasteiger partial charge in [0.1, 0.15) is 11.4 Å². The monoisotopic (exact) mass is 336 g/mol. The second-order valence-electron chi connectivity index (χ2n) is 7.09. The second-order valence-corrected chi connectivity index (χ2v) is 7.09. The van der Waals surface area contributed by atoms with E-state index in [0.717, 1.165) is 42.4 Å². The average Bonchev–Trinajstić information content (AvgIpc) is 2.94. The number of likely N-dealkylation sites (tertiary alicyclic amines) is 1. The number of imidazole rings is 1. The lowest BCUT2D eigenvalue weighted by Crippen LogP contribution is -2.42. The van der Waals surface area contributed by atoms with Gasteiger partial charge in [0.05, 0.1) is 16.9 Å². The number of aromatic nitrogens is 3. The van der Waals surface area contributed by atoms with Crippen LogP contribution < -0.4 is 0 Å². The first-order chi connectivity index (χ1) is 12.0. The minimum atomic E-state index is -0.809. The van der Waals surface area contributed by atoms with Crippen LogP contribution in [0.1, 0.15) is 35.6 Å². The summed E-state index contributed by atoms with van der Waals surface area (Å²) in [7, 11) is 0. The van der Waals surface area contributed by atoms with E-state index >= 15 is 0 Å². The van der Waals surface area contributed by atoms with Crippen LogP contribution in [-0.4, -0.2) is 37.5 Å². The molecule has 5 nitrogen and oxygen atoms in total. The highest BCUT2D eigenvalue weighted by atomic mass is 16.3. The van der Waals surface area contributed by atoms with E-state index in [9.17, 15) is 5.11 Å². The lowest BCUT2D eigenvalue weighted by atomic mass is 9.87. The summed E-state index contributed by atoms with van der Waals surface area (Å²) in [6, 6.07) is 10.2. The van der Waals surface area contributed by atoms with Gasteiger partial charge >= 0.3 is 0 Å². The summed E-state index contributed by atoms with van der Waals surface area (Å²) in [6.45, 7) is 6.56. The maximum absolute atomic E-state index is 11.0. The van der Waals surface area contributed by atoms with E-state index < -0.39 is 5.60 Å². The van der Waals surface area contributed by atoms with E-state index in [0.29, 0.717) is 12.8 Å². The van der Waals surface area contributed by atoms with Crippen molar-refractivity contribution in [3.8, 4) is 0 Å². The Kier molecular flexibility index (Phi) is 4.06. The quantitative estimate of drug-likeness (QED) is 0.799. The van der Waals surface area contributed by atoms with Gasteiger partial charge in [-0.2, -0.15) is 0 Å². The lowest BCUT2D eigenvalue weighted by Gasteiger charge is -2.37. The van der Waals surface area contributed by atoms with Gasteiger partial charge in [-0.05, 0) is 50.5 Å². The molecule has 1 aliphatic rings. The van der Waals surface area contributed by atoms with Crippen molar-refractivity contribution in [2.45, 2.75) is 38.8 Å². The Balaban J connectivity index is 1.47. The zero-order valence-electron chi connectivity index (χ0n) is 14.8. The standard InChI is InChI=1S/C20H24N4O/c1-15-6-7-19(21-13-15)20(25)8-11-23(12-9-20)14-17-18-5-3-4-10-24(18)16(2)22-17/h3-7,10,13,25H,8-9,11-12,14H2,1-2H3. The Morgan fingerprint density at radius 3 is 2.64 bits per heavy atom. The summed E-state index contributed by atoms with van der Waals surface area (Å²) in [5.41, 5.74) is 3.38. The molecule has 1 saturated heterocycles. The maximum Gasteiger partial charge on any atom is 0.110 e. The summed E-state index contributed by atoms with van der Waals surface area (Å²) in [5.74, 6) is 1.02. The molecule has 25 heavy (non-hydrogen) atoms. The molecule has 0 spiro atoms. The minimum Gasteiger partial charge on any atom is -0.383 e. The Bertz CT molecular complexity index is 876. The zero-order chi connectivity index (χ0) is 17.4. The molecule has 0 bridgehead atoms. The molecule has 0 aromatic carbocycles. The van der Waals surface area contributed by atoms with Gasteiger partial charge in [-0.3, -0.25) is 9.88 Å². The summed E-state index contributed by atoms with van der Waals surface area (Å²) in [6.07, 6.45) is 5.29. The Hall–Kier alpha value is -2.24. The van der Waals surface area contributed by atoms with Gasteiger partial charge in [0.15, 0.2) is 0 Å². The predicted octanol–water partition coefficient (Wildman–Crippen LogP) is 2.83. The molecule has 4 rings (SSSR count). The van der Waals surface area contributed by atoms with Crippen molar-refractivity contribution in [3.63, 3.8) is 0 Å².